The molecule has 0 aliphatic heterocycles. The largest absolute Gasteiger partial charge is 0.481 e. The summed E-state index contributed by atoms with van der Waals surface area (Å²) in [6.07, 6.45) is 22.9. The first-order valence-corrected chi connectivity index (χ1v) is 29.0. The van der Waals surface area contributed by atoms with E-state index in [9.17, 15) is 48.3 Å². The highest BCUT2D eigenvalue weighted by molar-refractivity contribution is 5.88. The Morgan fingerprint density at radius 1 is 0.588 bits per heavy atom. The van der Waals surface area contributed by atoms with E-state index < -0.39 is 36.0 Å². The first-order chi connectivity index (χ1) is 38.5. The van der Waals surface area contributed by atoms with Gasteiger partial charge in [0.25, 0.3) is 0 Å². The molecule has 5 amide bonds. The summed E-state index contributed by atoms with van der Waals surface area (Å²) in [4.78, 5) is 113. The maximum atomic E-state index is 13.0. The minimum absolute atomic E-state index is 0.00261. The number of aromatic amines is 1. The number of rotatable bonds is 54. The van der Waals surface area contributed by atoms with Gasteiger partial charge in [-0.25, -0.2) is 9.78 Å². The summed E-state index contributed by atoms with van der Waals surface area (Å²) >= 11 is 0. The van der Waals surface area contributed by atoms with Gasteiger partial charge in [-0.05, 0) is 57.3 Å². The first kappa shape index (κ1) is 74.6. The number of imidazole rings is 1. The number of aryl methyl sites for hydroxylation is 1. The van der Waals surface area contributed by atoms with Crippen molar-refractivity contribution < 1.29 is 72.3 Å². The van der Waals surface area contributed by atoms with Gasteiger partial charge in [0.1, 0.15) is 25.0 Å². The molecule has 0 spiro atoms. The zero-order valence-electron chi connectivity index (χ0n) is 48.6. The van der Waals surface area contributed by atoms with E-state index in [2.05, 4.69) is 41.9 Å². The molecule has 0 radical (unpaired) electrons. The first-order valence-electron chi connectivity index (χ1n) is 29.0. The smallest absolute Gasteiger partial charge is 0.326 e. The number of ketones is 2. The average molecular weight is 1140 g/mol. The van der Waals surface area contributed by atoms with Crippen molar-refractivity contribution in [2.45, 2.75) is 193 Å². The molecule has 1 rings (SSSR count). The van der Waals surface area contributed by atoms with E-state index in [1.165, 1.54) is 52.1 Å². The summed E-state index contributed by atoms with van der Waals surface area (Å²) in [5, 5.41) is 34.6. The monoisotopic (exact) mass is 1140 g/mol. The Hall–Kier alpha value is -5.40. The van der Waals surface area contributed by atoms with E-state index >= 15 is 0 Å². The number of nitrogens with two attached hydrogens (primary N) is 1. The van der Waals surface area contributed by atoms with E-state index in [0.717, 1.165) is 57.1 Å². The number of carbonyl (C=O) groups is 9. The number of aromatic nitrogens is 2. The molecule has 0 saturated heterocycles. The second kappa shape index (κ2) is 51.7. The molecule has 0 fully saturated rings. The van der Waals surface area contributed by atoms with Gasteiger partial charge in [0.2, 0.25) is 29.5 Å². The van der Waals surface area contributed by atoms with Gasteiger partial charge in [0, 0.05) is 70.9 Å². The van der Waals surface area contributed by atoms with Crippen LogP contribution in [0.1, 0.15) is 174 Å². The summed E-state index contributed by atoms with van der Waals surface area (Å²) in [7, 11) is 1.44. The second-order valence-electron chi connectivity index (χ2n) is 20.1. The van der Waals surface area contributed by atoms with Crippen LogP contribution in [0.5, 0.6) is 0 Å². The summed E-state index contributed by atoms with van der Waals surface area (Å²) in [6, 6.07) is -2.29. The van der Waals surface area contributed by atoms with Crippen molar-refractivity contribution in [2.75, 3.05) is 86.1 Å². The fourth-order valence-corrected chi connectivity index (χ4v) is 8.06. The number of ether oxygens (including phenoxy) is 4. The molecule has 0 saturated carbocycles. The molecular formula is C56H101N9O15. The topological polar surface area (TPSA) is 358 Å². The molecule has 0 unspecified atom stereocenters. The highest BCUT2D eigenvalue weighted by atomic mass is 16.5. The summed E-state index contributed by atoms with van der Waals surface area (Å²) in [6.45, 7) is 8.60. The number of unbranched alkanes of at least 4 members (excludes halogenated alkanes) is 14. The number of aliphatic carboxylic acids is 2. The second-order valence-corrected chi connectivity index (χ2v) is 20.1. The number of Topliss-reactive ketones (excluding diaryl/α,β-unsaturated/α-hetero) is 2. The lowest BCUT2D eigenvalue weighted by Crippen LogP contribution is -2.50. The average Bonchev–Trinajstić information content (AvgIpc) is 3.94. The third-order valence-corrected chi connectivity index (χ3v) is 12.6. The lowest BCUT2D eigenvalue weighted by atomic mass is 10.0. The van der Waals surface area contributed by atoms with Gasteiger partial charge < -0.3 is 66.5 Å². The van der Waals surface area contributed by atoms with E-state index in [1.807, 2.05) is 20.8 Å². The van der Waals surface area contributed by atoms with Crippen LogP contribution in [0.15, 0.2) is 12.5 Å². The van der Waals surface area contributed by atoms with Crippen LogP contribution in [0, 0.1) is 5.92 Å². The number of H-pyrrole nitrogens is 1. The number of hydrogen-bond acceptors (Lipinski definition) is 16. The van der Waals surface area contributed by atoms with Crippen molar-refractivity contribution in [3.05, 3.63) is 18.2 Å². The number of amides is 5. The Labute approximate surface area is 474 Å². The molecular weight excluding hydrogens is 1040 g/mol. The van der Waals surface area contributed by atoms with Crippen molar-refractivity contribution in [3.8, 4) is 0 Å². The molecule has 24 nitrogen and oxygen atoms in total. The SMILES string of the molecule is CCCOCCNC(=O)CC[C@H](NC(=O)CCCCCCCCCCCCCCCCC(=O)O)C(=O)O.COCC(=O)NCCOCCOCC(=O)NCCCC[C@H](NCC(=O)CCc1cnc[nH]1)C(=O)CN[C@@H](C(N)=O)C(C)C. The quantitative estimate of drug-likeness (QED) is 0.0414. The molecule has 460 valence electrons. The molecule has 3 atom stereocenters. The van der Waals surface area contributed by atoms with Crippen molar-refractivity contribution >= 4 is 53.0 Å². The summed E-state index contributed by atoms with van der Waals surface area (Å²) < 4.78 is 20.6. The lowest BCUT2D eigenvalue weighted by Gasteiger charge is -2.22. The molecule has 0 aliphatic rings. The highest BCUT2D eigenvalue weighted by Crippen LogP contribution is 2.14. The van der Waals surface area contributed by atoms with Crippen LogP contribution in [-0.2, 0) is 68.5 Å². The molecule has 0 bridgehead atoms. The molecule has 0 aromatic carbocycles. The van der Waals surface area contributed by atoms with Crippen molar-refractivity contribution in [1.29, 1.82) is 0 Å². The van der Waals surface area contributed by atoms with E-state index in [-0.39, 0.29) is 99.9 Å². The molecule has 80 heavy (non-hydrogen) atoms. The Bertz CT molecular complexity index is 1820. The lowest BCUT2D eigenvalue weighted by molar-refractivity contribution is -0.142. The fourth-order valence-electron chi connectivity index (χ4n) is 8.06. The maximum Gasteiger partial charge on any atom is 0.326 e. The number of nitrogens with zero attached hydrogens (tertiary/aromatic N) is 1. The normalized spacial score (nSPS) is 12.2. The van der Waals surface area contributed by atoms with Crippen LogP contribution in [0.4, 0.5) is 0 Å². The van der Waals surface area contributed by atoms with Crippen molar-refractivity contribution in [2.24, 2.45) is 11.7 Å². The predicted molar refractivity (Wildman–Crippen MR) is 302 cm³/mol. The molecule has 24 heteroatoms. The number of methoxy groups -OCH3 is 1. The number of carboxylic acids is 2. The minimum atomic E-state index is -1.12. The van der Waals surface area contributed by atoms with Crippen molar-refractivity contribution in [1.82, 2.24) is 41.9 Å². The number of primary amides is 1. The van der Waals surface area contributed by atoms with Crippen LogP contribution in [-0.4, -0.2) is 177 Å². The van der Waals surface area contributed by atoms with Gasteiger partial charge in [-0.2, -0.15) is 0 Å². The van der Waals surface area contributed by atoms with Gasteiger partial charge in [-0.15, -0.1) is 0 Å². The van der Waals surface area contributed by atoms with Crippen LogP contribution in [0.2, 0.25) is 0 Å². The predicted octanol–water partition coefficient (Wildman–Crippen LogP) is 3.83. The number of carboxylic acid groups (broad SMARTS) is 2. The summed E-state index contributed by atoms with van der Waals surface area (Å²) in [5.74, 6) is -3.66. The van der Waals surface area contributed by atoms with Crippen LogP contribution in [0.3, 0.4) is 0 Å². The zero-order valence-corrected chi connectivity index (χ0v) is 48.6. The van der Waals surface area contributed by atoms with Crippen LogP contribution in [0.25, 0.3) is 0 Å². The highest BCUT2D eigenvalue weighted by Gasteiger charge is 2.24. The Kier molecular flexibility index (Phi) is 48.2. The molecule has 11 N–H and O–H groups in total. The third kappa shape index (κ3) is 46.4. The Balaban J connectivity index is 0.00000158. The number of hydrogen-bond donors (Lipinski definition) is 10. The third-order valence-electron chi connectivity index (χ3n) is 12.6. The number of nitrogens with one attached hydrogen (secondary N) is 7. The molecule has 0 aliphatic carbocycles. The van der Waals surface area contributed by atoms with Gasteiger partial charge >= 0.3 is 11.9 Å². The number of carbonyl (C=O) groups excluding carboxylic acids is 7. The maximum absolute atomic E-state index is 13.0. The minimum Gasteiger partial charge on any atom is -0.481 e. The standard InChI is InChI=1S/C28H49N7O8.C28H52N2O7/c1-20(2)27(28(29)40)34-16-24(37)23(33-15-22(36)8-7-21-14-30-19-35-21)6-4-5-9-31-26(39)18-43-13-12-42-11-10-32-25(38)17-41-3;1-2-22-37-23-21-29-25(31)20-19-24(28(35)36)30-26(32)17-15-13-11-9-7-5-3-4-6-8-10-12-14-16-18-27(33)34/h14,19-20,23,27,33-34H,4-13,15-18H2,1-3H3,(H2,29,40)(H,30,35)(H,31,39)(H,32,38);24H,2-23H2,1H3,(H,29,31)(H,30,32)(H,33,34)(H,35,36)/t23-,27+;24-/m00/s1. The van der Waals surface area contributed by atoms with Gasteiger partial charge in [0.05, 0.1) is 57.9 Å². The molecule has 1 aromatic heterocycles. The molecule has 1 aromatic rings. The zero-order chi connectivity index (χ0) is 59.4. The van der Waals surface area contributed by atoms with Gasteiger partial charge in [0.15, 0.2) is 5.78 Å². The van der Waals surface area contributed by atoms with E-state index in [4.69, 9.17) is 29.8 Å². The fraction of sp³-hybridized carbons (Fsp3) is 0.786. The summed E-state index contributed by atoms with van der Waals surface area (Å²) in [5.41, 5.74) is 6.30. The van der Waals surface area contributed by atoms with Gasteiger partial charge in [-0.1, -0.05) is 97.8 Å². The van der Waals surface area contributed by atoms with Crippen molar-refractivity contribution in [3.63, 3.8) is 0 Å². The van der Waals surface area contributed by atoms with Gasteiger partial charge in [-0.3, -0.25) is 43.7 Å². The van der Waals surface area contributed by atoms with E-state index in [1.54, 1.807) is 12.5 Å². The Morgan fingerprint density at radius 2 is 1.15 bits per heavy atom. The van der Waals surface area contributed by atoms with Crippen LogP contribution < -0.4 is 37.6 Å². The molecule has 1 heterocycles. The Morgan fingerprint density at radius 3 is 1.70 bits per heavy atom. The van der Waals surface area contributed by atoms with E-state index in [0.29, 0.717) is 78.0 Å². The van der Waals surface area contributed by atoms with Crippen LogP contribution >= 0.6 is 0 Å².